The van der Waals surface area contributed by atoms with Gasteiger partial charge in [-0.3, -0.25) is 4.79 Å². The summed E-state index contributed by atoms with van der Waals surface area (Å²) in [6.07, 6.45) is 2.61. The standard InChI is InChI=1S/C14H22N2OS/c1-12(11-15-14(17)9-10-18-3)16(2)13-7-5-4-6-8-13/h4-8,12H,9-11H2,1-3H3,(H,15,17)/t12-/m1/s1. The number of nitrogens with zero attached hydrogens (tertiary/aromatic N) is 1. The minimum Gasteiger partial charge on any atom is -0.370 e. The molecule has 1 amide bonds. The van der Waals surface area contributed by atoms with Gasteiger partial charge in [0.2, 0.25) is 5.91 Å². The van der Waals surface area contributed by atoms with Crippen LogP contribution in [-0.4, -0.2) is 37.6 Å². The Balaban J connectivity index is 2.36. The van der Waals surface area contributed by atoms with E-state index < -0.39 is 0 Å². The second kappa shape index (κ2) is 8.03. The molecule has 1 rings (SSSR count). The molecule has 100 valence electrons. The first-order valence-corrected chi connectivity index (χ1v) is 7.58. The molecule has 0 heterocycles. The lowest BCUT2D eigenvalue weighted by molar-refractivity contribution is -0.120. The van der Waals surface area contributed by atoms with E-state index in [4.69, 9.17) is 0 Å². The van der Waals surface area contributed by atoms with E-state index in [1.807, 2.05) is 31.5 Å². The first kappa shape index (κ1) is 14.9. The Hall–Kier alpha value is -1.16. The third-order valence-electron chi connectivity index (χ3n) is 2.95. The lowest BCUT2D eigenvalue weighted by Gasteiger charge is -2.27. The van der Waals surface area contributed by atoms with Crippen LogP contribution in [0.3, 0.4) is 0 Å². The molecule has 0 bridgehead atoms. The highest BCUT2D eigenvalue weighted by molar-refractivity contribution is 7.98. The fraction of sp³-hybridized carbons (Fsp3) is 0.500. The molecule has 0 spiro atoms. The number of para-hydroxylation sites is 1. The number of hydrogen-bond donors (Lipinski definition) is 1. The number of rotatable bonds is 7. The molecular weight excluding hydrogens is 244 g/mol. The van der Waals surface area contributed by atoms with Crippen LogP contribution in [0.2, 0.25) is 0 Å². The maximum absolute atomic E-state index is 11.5. The molecule has 0 aliphatic rings. The summed E-state index contributed by atoms with van der Waals surface area (Å²) in [5.74, 6) is 1.02. The number of hydrogen-bond acceptors (Lipinski definition) is 3. The molecule has 1 aromatic carbocycles. The SMILES string of the molecule is CSCCC(=O)NC[C@@H](C)N(C)c1ccccc1. The van der Waals surface area contributed by atoms with Gasteiger partial charge in [0.1, 0.15) is 0 Å². The molecule has 4 heteroatoms. The van der Waals surface area contributed by atoms with E-state index in [2.05, 4.69) is 29.3 Å². The molecule has 1 atom stereocenters. The lowest BCUT2D eigenvalue weighted by atomic mass is 10.2. The maximum atomic E-state index is 11.5. The van der Waals surface area contributed by atoms with Crippen LogP contribution in [0.1, 0.15) is 13.3 Å². The van der Waals surface area contributed by atoms with E-state index in [1.165, 1.54) is 5.69 Å². The van der Waals surface area contributed by atoms with Gasteiger partial charge >= 0.3 is 0 Å². The second-order valence-electron chi connectivity index (χ2n) is 4.34. The Morgan fingerprint density at radius 3 is 2.67 bits per heavy atom. The Morgan fingerprint density at radius 2 is 2.06 bits per heavy atom. The van der Waals surface area contributed by atoms with Crippen molar-refractivity contribution in [3.05, 3.63) is 30.3 Å². The van der Waals surface area contributed by atoms with Crippen LogP contribution < -0.4 is 10.2 Å². The van der Waals surface area contributed by atoms with Gasteiger partial charge in [-0.05, 0) is 25.3 Å². The van der Waals surface area contributed by atoms with E-state index in [-0.39, 0.29) is 11.9 Å². The normalized spacial score (nSPS) is 11.9. The highest BCUT2D eigenvalue weighted by Crippen LogP contribution is 2.13. The number of nitrogens with one attached hydrogen (secondary N) is 1. The molecule has 3 nitrogen and oxygen atoms in total. The molecule has 1 aromatic rings. The molecule has 0 radical (unpaired) electrons. The highest BCUT2D eigenvalue weighted by atomic mass is 32.2. The molecule has 0 aliphatic carbocycles. The zero-order valence-electron chi connectivity index (χ0n) is 11.3. The molecule has 0 aromatic heterocycles. The van der Waals surface area contributed by atoms with Gasteiger partial charge in [-0.1, -0.05) is 18.2 Å². The summed E-state index contributed by atoms with van der Waals surface area (Å²) < 4.78 is 0. The smallest absolute Gasteiger partial charge is 0.220 e. The fourth-order valence-corrected chi connectivity index (χ4v) is 1.99. The third-order valence-corrected chi connectivity index (χ3v) is 3.56. The predicted octanol–water partition coefficient (Wildman–Crippen LogP) is 2.38. The van der Waals surface area contributed by atoms with Crippen molar-refractivity contribution < 1.29 is 4.79 Å². The van der Waals surface area contributed by atoms with Crippen LogP contribution in [-0.2, 0) is 4.79 Å². The van der Waals surface area contributed by atoms with Gasteiger partial charge in [0.05, 0.1) is 0 Å². The molecule has 0 fully saturated rings. The van der Waals surface area contributed by atoms with Crippen molar-refractivity contribution in [2.45, 2.75) is 19.4 Å². The Bertz CT molecular complexity index is 356. The molecular formula is C14H22N2OS. The van der Waals surface area contributed by atoms with Crippen LogP contribution in [0.15, 0.2) is 30.3 Å². The molecule has 1 N–H and O–H groups in total. The Kier molecular flexibility index (Phi) is 6.65. The highest BCUT2D eigenvalue weighted by Gasteiger charge is 2.10. The van der Waals surface area contributed by atoms with Gasteiger partial charge in [0.25, 0.3) is 0 Å². The first-order chi connectivity index (χ1) is 8.65. The van der Waals surface area contributed by atoms with Gasteiger partial charge in [0, 0.05) is 37.5 Å². The van der Waals surface area contributed by atoms with E-state index in [0.29, 0.717) is 13.0 Å². The van der Waals surface area contributed by atoms with Gasteiger partial charge in [0.15, 0.2) is 0 Å². The van der Waals surface area contributed by atoms with E-state index in [1.54, 1.807) is 11.8 Å². The van der Waals surface area contributed by atoms with Crippen molar-refractivity contribution in [3.8, 4) is 0 Å². The number of carbonyl (C=O) groups is 1. The minimum absolute atomic E-state index is 0.137. The van der Waals surface area contributed by atoms with Crippen LogP contribution >= 0.6 is 11.8 Å². The number of anilines is 1. The second-order valence-corrected chi connectivity index (χ2v) is 5.33. The van der Waals surface area contributed by atoms with E-state index in [9.17, 15) is 4.79 Å². The predicted molar refractivity (Wildman–Crippen MR) is 80.3 cm³/mol. The quantitative estimate of drug-likeness (QED) is 0.822. The van der Waals surface area contributed by atoms with Crippen LogP contribution in [0.4, 0.5) is 5.69 Å². The van der Waals surface area contributed by atoms with E-state index in [0.717, 1.165) is 5.75 Å². The van der Waals surface area contributed by atoms with Crippen LogP contribution in [0, 0.1) is 0 Å². The summed E-state index contributed by atoms with van der Waals surface area (Å²) in [6.45, 7) is 2.79. The van der Waals surface area contributed by atoms with Crippen LogP contribution in [0.5, 0.6) is 0 Å². The summed E-state index contributed by atoms with van der Waals surface area (Å²) in [6, 6.07) is 10.5. The largest absolute Gasteiger partial charge is 0.370 e. The van der Waals surface area contributed by atoms with Crippen molar-refractivity contribution in [1.29, 1.82) is 0 Å². The van der Waals surface area contributed by atoms with Crippen molar-refractivity contribution >= 4 is 23.4 Å². The Labute approximate surface area is 114 Å². The number of carbonyl (C=O) groups excluding carboxylic acids is 1. The van der Waals surface area contributed by atoms with Gasteiger partial charge in [-0.2, -0.15) is 11.8 Å². The van der Waals surface area contributed by atoms with Gasteiger partial charge in [-0.15, -0.1) is 0 Å². The summed E-state index contributed by atoms with van der Waals surface area (Å²) in [7, 11) is 2.05. The zero-order chi connectivity index (χ0) is 13.4. The lowest BCUT2D eigenvalue weighted by Crippen LogP contribution is -2.40. The average Bonchev–Trinajstić information content (AvgIpc) is 2.42. The number of thioether (sulfide) groups is 1. The first-order valence-electron chi connectivity index (χ1n) is 6.18. The zero-order valence-corrected chi connectivity index (χ0v) is 12.2. The fourth-order valence-electron chi connectivity index (χ4n) is 1.60. The topological polar surface area (TPSA) is 32.3 Å². The summed E-state index contributed by atoms with van der Waals surface area (Å²) >= 11 is 1.70. The van der Waals surface area contributed by atoms with E-state index >= 15 is 0 Å². The molecule has 0 aliphatic heterocycles. The molecule has 0 unspecified atom stereocenters. The number of benzene rings is 1. The molecule has 0 saturated heterocycles. The van der Waals surface area contributed by atoms with Crippen molar-refractivity contribution in [3.63, 3.8) is 0 Å². The third kappa shape index (κ3) is 5.00. The average molecular weight is 266 g/mol. The summed E-state index contributed by atoms with van der Waals surface area (Å²) in [5.41, 5.74) is 1.17. The minimum atomic E-state index is 0.137. The van der Waals surface area contributed by atoms with Gasteiger partial charge in [-0.25, -0.2) is 0 Å². The summed E-state index contributed by atoms with van der Waals surface area (Å²) in [4.78, 5) is 13.7. The number of likely N-dealkylation sites (N-methyl/N-ethyl adjacent to an activating group) is 1. The van der Waals surface area contributed by atoms with Crippen molar-refractivity contribution in [1.82, 2.24) is 5.32 Å². The van der Waals surface area contributed by atoms with Crippen LogP contribution in [0.25, 0.3) is 0 Å². The van der Waals surface area contributed by atoms with Crippen molar-refractivity contribution in [2.75, 3.05) is 30.5 Å². The van der Waals surface area contributed by atoms with Gasteiger partial charge < -0.3 is 10.2 Å². The maximum Gasteiger partial charge on any atom is 0.220 e. The molecule has 18 heavy (non-hydrogen) atoms. The summed E-state index contributed by atoms with van der Waals surface area (Å²) in [5, 5.41) is 2.97. The number of amides is 1. The monoisotopic (exact) mass is 266 g/mol. The van der Waals surface area contributed by atoms with Crippen molar-refractivity contribution in [2.24, 2.45) is 0 Å². The Morgan fingerprint density at radius 1 is 1.39 bits per heavy atom. The molecule has 0 saturated carbocycles.